The molecule has 1 saturated heterocycles. The van der Waals surface area contributed by atoms with E-state index in [1.807, 2.05) is 55.8 Å². The molecule has 0 spiro atoms. The summed E-state index contributed by atoms with van der Waals surface area (Å²) in [6.07, 6.45) is 1.90. The van der Waals surface area contributed by atoms with Gasteiger partial charge in [-0.3, -0.25) is 14.4 Å². The molecule has 0 radical (unpaired) electrons. The number of nitrogens with zero attached hydrogens (tertiary/aromatic N) is 3. The lowest BCUT2D eigenvalue weighted by molar-refractivity contribution is -0.121. The Morgan fingerprint density at radius 3 is 2.68 bits per heavy atom. The van der Waals surface area contributed by atoms with Gasteiger partial charge >= 0.3 is 0 Å². The van der Waals surface area contributed by atoms with E-state index in [4.69, 9.17) is 23.8 Å². The van der Waals surface area contributed by atoms with E-state index in [0.717, 1.165) is 27.5 Å². The number of benzene rings is 1. The Morgan fingerprint density at radius 2 is 2.04 bits per heavy atom. The predicted octanol–water partition coefficient (Wildman–Crippen LogP) is 4.42. The Kier molecular flexibility index (Phi) is 5.32. The number of amides is 1. The average molecular weight is 392 g/mol. The number of hydrogen-bond acceptors (Lipinski definition) is 4. The van der Waals surface area contributed by atoms with Crippen molar-refractivity contribution in [2.24, 2.45) is 0 Å². The fraction of sp³-hybridized carbons (Fsp3) is 0.278. The van der Waals surface area contributed by atoms with Gasteiger partial charge in [-0.05, 0) is 38.5 Å². The number of halogens is 1. The third kappa shape index (κ3) is 3.52. The number of carbonyl (C=O) groups is 1. The molecule has 1 aliphatic rings. The normalized spacial score (nSPS) is 16.3. The van der Waals surface area contributed by atoms with Crippen molar-refractivity contribution in [2.75, 3.05) is 6.54 Å². The lowest BCUT2D eigenvalue weighted by Gasteiger charge is -2.09. The van der Waals surface area contributed by atoms with Gasteiger partial charge in [0, 0.05) is 22.8 Å². The molecule has 0 aliphatic carbocycles. The monoisotopic (exact) mass is 391 g/mol. The zero-order chi connectivity index (χ0) is 18.1. The number of likely N-dealkylation sites (N-methyl/N-ethyl adjacent to an activating group) is 1. The summed E-state index contributed by atoms with van der Waals surface area (Å²) in [5.41, 5.74) is 3.85. The lowest BCUT2D eigenvalue weighted by atomic mass is 10.1. The van der Waals surface area contributed by atoms with Crippen LogP contribution in [-0.2, 0) is 11.3 Å². The van der Waals surface area contributed by atoms with Crippen LogP contribution in [0.5, 0.6) is 0 Å². The molecule has 7 heteroatoms. The minimum absolute atomic E-state index is 0.0323. The van der Waals surface area contributed by atoms with Crippen LogP contribution >= 0.6 is 35.6 Å². The van der Waals surface area contributed by atoms with Crippen LogP contribution in [-0.4, -0.2) is 31.5 Å². The predicted molar refractivity (Wildman–Crippen MR) is 108 cm³/mol. The number of thioether (sulfide) groups is 1. The second-order valence-electron chi connectivity index (χ2n) is 5.76. The van der Waals surface area contributed by atoms with Gasteiger partial charge in [0.1, 0.15) is 4.32 Å². The number of thiocarbonyl (C=S) groups is 1. The summed E-state index contributed by atoms with van der Waals surface area (Å²) in [5, 5.41) is 5.34. The highest BCUT2D eigenvalue weighted by molar-refractivity contribution is 8.26. The number of aryl methyl sites for hydroxylation is 1. The first kappa shape index (κ1) is 18.2. The van der Waals surface area contributed by atoms with Crippen LogP contribution in [0.1, 0.15) is 29.4 Å². The molecule has 0 saturated carbocycles. The van der Waals surface area contributed by atoms with Crippen molar-refractivity contribution in [3.8, 4) is 0 Å². The molecule has 1 aliphatic heterocycles. The van der Waals surface area contributed by atoms with Crippen molar-refractivity contribution in [3.05, 3.63) is 56.7 Å². The van der Waals surface area contributed by atoms with Crippen molar-refractivity contribution >= 4 is 51.9 Å². The Balaban J connectivity index is 1.93. The largest absolute Gasteiger partial charge is 0.293 e. The zero-order valence-corrected chi connectivity index (χ0v) is 16.6. The summed E-state index contributed by atoms with van der Waals surface area (Å²) in [4.78, 5) is 14.7. The minimum atomic E-state index is -0.0323. The van der Waals surface area contributed by atoms with E-state index in [1.165, 1.54) is 11.8 Å². The Hall–Kier alpha value is -1.63. The van der Waals surface area contributed by atoms with Gasteiger partial charge in [0.25, 0.3) is 5.91 Å². The Bertz CT molecular complexity index is 888. The van der Waals surface area contributed by atoms with Gasteiger partial charge in [0.05, 0.1) is 17.1 Å². The topological polar surface area (TPSA) is 38.1 Å². The van der Waals surface area contributed by atoms with Crippen molar-refractivity contribution in [2.45, 2.75) is 27.3 Å². The number of rotatable bonds is 4. The molecule has 130 valence electrons. The van der Waals surface area contributed by atoms with Crippen LogP contribution in [0.4, 0.5) is 0 Å². The number of carbonyl (C=O) groups excluding carboxylic acids is 1. The van der Waals surface area contributed by atoms with Gasteiger partial charge in [-0.15, -0.1) is 0 Å². The molecular formula is C18H18ClN3OS2. The molecule has 3 rings (SSSR count). The van der Waals surface area contributed by atoms with Crippen LogP contribution in [0, 0.1) is 13.8 Å². The smallest absolute Gasteiger partial charge is 0.266 e. The summed E-state index contributed by atoms with van der Waals surface area (Å²) >= 11 is 12.9. The molecule has 0 atom stereocenters. The highest BCUT2D eigenvalue weighted by atomic mass is 35.5. The fourth-order valence-corrected chi connectivity index (χ4v) is 4.33. The van der Waals surface area contributed by atoms with E-state index in [9.17, 15) is 4.79 Å². The van der Waals surface area contributed by atoms with Crippen LogP contribution in [0.15, 0.2) is 29.2 Å². The first-order valence-corrected chi connectivity index (χ1v) is 9.55. The average Bonchev–Trinajstić information content (AvgIpc) is 3.00. The third-order valence-electron chi connectivity index (χ3n) is 4.18. The molecule has 1 fully saturated rings. The standard InChI is InChI=1S/C18H18ClN3OS2/c1-4-21-17(23)16(25-18(21)24)9-14-11(2)20-22(12(14)3)10-13-7-5-6-8-15(13)19/h5-9H,4,10H2,1-3H3/b16-9+. The van der Waals surface area contributed by atoms with Gasteiger partial charge in [0.15, 0.2) is 0 Å². The molecule has 1 amide bonds. The SMILES string of the molecule is CCN1C(=O)/C(=C\c2c(C)nn(Cc3ccccc3Cl)c2C)SC1=S. The maximum absolute atomic E-state index is 12.4. The van der Waals surface area contributed by atoms with E-state index in [2.05, 4.69) is 5.10 Å². The molecule has 1 aromatic carbocycles. The summed E-state index contributed by atoms with van der Waals surface area (Å²) in [5.74, 6) is -0.0323. The highest BCUT2D eigenvalue weighted by Crippen LogP contribution is 2.33. The molecule has 25 heavy (non-hydrogen) atoms. The zero-order valence-electron chi connectivity index (χ0n) is 14.2. The lowest BCUT2D eigenvalue weighted by Crippen LogP contribution is -2.27. The molecule has 0 bridgehead atoms. The molecule has 2 aromatic rings. The Labute approximate surface area is 161 Å². The molecule has 1 aromatic heterocycles. The van der Waals surface area contributed by atoms with Crippen LogP contribution < -0.4 is 0 Å². The van der Waals surface area contributed by atoms with Gasteiger partial charge in [-0.1, -0.05) is 53.8 Å². The van der Waals surface area contributed by atoms with Gasteiger partial charge in [-0.2, -0.15) is 5.10 Å². The second kappa shape index (κ2) is 7.32. The number of aromatic nitrogens is 2. The molecule has 0 unspecified atom stereocenters. The summed E-state index contributed by atoms with van der Waals surface area (Å²) in [7, 11) is 0. The van der Waals surface area contributed by atoms with E-state index < -0.39 is 0 Å². The van der Waals surface area contributed by atoms with Crippen molar-refractivity contribution < 1.29 is 4.79 Å². The molecule has 2 heterocycles. The highest BCUT2D eigenvalue weighted by Gasteiger charge is 2.31. The second-order valence-corrected chi connectivity index (χ2v) is 7.84. The van der Waals surface area contributed by atoms with Gasteiger partial charge < -0.3 is 0 Å². The van der Waals surface area contributed by atoms with E-state index >= 15 is 0 Å². The van der Waals surface area contributed by atoms with Crippen LogP contribution in [0.3, 0.4) is 0 Å². The first-order chi connectivity index (χ1) is 11.9. The molecular weight excluding hydrogens is 374 g/mol. The van der Waals surface area contributed by atoms with Crippen LogP contribution in [0.25, 0.3) is 6.08 Å². The maximum atomic E-state index is 12.4. The first-order valence-electron chi connectivity index (χ1n) is 7.95. The van der Waals surface area contributed by atoms with Crippen LogP contribution in [0.2, 0.25) is 5.02 Å². The van der Waals surface area contributed by atoms with Crippen molar-refractivity contribution in [1.29, 1.82) is 0 Å². The van der Waals surface area contributed by atoms with Gasteiger partial charge in [0.2, 0.25) is 0 Å². The maximum Gasteiger partial charge on any atom is 0.266 e. The van der Waals surface area contributed by atoms with E-state index in [0.29, 0.717) is 22.3 Å². The van der Waals surface area contributed by atoms with Crippen molar-refractivity contribution in [1.82, 2.24) is 14.7 Å². The quantitative estimate of drug-likeness (QED) is 0.571. The Morgan fingerprint density at radius 1 is 1.32 bits per heavy atom. The van der Waals surface area contributed by atoms with Gasteiger partial charge in [-0.25, -0.2) is 0 Å². The molecule has 4 nitrogen and oxygen atoms in total. The summed E-state index contributed by atoms with van der Waals surface area (Å²) in [6, 6.07) is 7.74. The van der Waals surface area contributed by atoms with Crippen molar-refractivity contribution in [3.63, 3.8) is 0 Å². The minimum Gasteiger partial charge on any atom is -0.293 e. The summed E-state index contributed by atoms with van der Waals surface area (Å²) in [6.45, 7) is 7.05. The molecule has 0 N–H and O–H groups in total. The summed E-state index contributed by atoms with van der Waals surface area (Å²) < 4.78 is 2.53. The van der Waals surface area contributed by atoms with E-state index in [-0.39, 0.29) is 5.91 Å². The van der Waals surface area contributed by atoms with E-state index in [1.54, 1.807) is 4.90 Å². The third-order valence-corrected chi connectivity index (χ3v) is 5.93. The fourth-order valence-electron chi connectivity index (χ4n) is 2.77. The number of hydrogen-bond donors (Lipinski definition) is 0.